The van der Waals surface area contributed by atoms with E-state index in [0.29, 0.717) is 35.1 Å². The highest BCUT2D eigenvalue weighted by Crippen LogP contribution is 2.22. The van der Waals surface area contributed by atoms with Crippen molar-refractivity contribution in [3.05, 3.63) is 59.7 Å². The second-order valence-corrected chi connectivity index (χ2v) is 7.79. The Labute approximate surface area is 182 Å². The van der Waals surface area contributed by atoms with Crippen LogP contribution in [0.4, 0.5) is 5.69 Å². The average Bonchev–Trinajstić information content (AvgIpc) is 2.75. The quantitative estimate of drug-likeness (QED) is 0.707. The van der Waals surface area contributed by atoms with Crippen LogP contribution in [0.15, 0.2) is 48.5 Å². The molecule has 1 fully saturated rings. The lowest BCUT2D eigenvalue weighted by atomic mass is 9.98. The van der Waals surface area contributed by atoms with Crippen LogP contribution in [0.2, 0.25) is 0 Å². The van der Waals surface area contributed by atoms with Gasteiger partial charge in [-0.2, -0.15) is 0 Å². The number of nitrogens with one attached hydrogen (secondary N) is 2. The number of rotatable bonds is 5. The number of likely N-dealkylation sites (tertiary alicyclic amines) is 1. The van der Waals surface area contributed by atoms with Crippen molar-refractivity contribution >= 4 is 34.8 Å². The number of carbonyl (C=O) groups is 2. The molecule has 0 aromatic heterocycles. The average molecular weight is 426 g/mol. The van der Waals surface area contributed by atoms with Crippen LogP contribution >= 0.6 is 12.2 Å². The van der Waals surface area contributed by atoms with E-state index in [4.69, 9.17) is 17.0 Å². The molecule has 30 heavy (non-hydrogen) atoms. The van der Waals surface area contributed by atoms with Crippen LogP contribution in [0.5, 0.6) is 5.75 Å². The molecular weight excluding hydrogens is 398 g/mol. The Balaban J connectivity index is 1.64. The van der Waals surface area contributed by atoms with Crippen LogP contribution in [-0.4, -0.2) is 41.5 Å². The number of nitrogens with zero attached hydrogens (tertiary/aromatic N) is 1. The van der Waals surface area contributed by atoms with Crippen molar-refractivity contribution < 1.29 is 14.3 Å². The second kappa shape index (κ2) is 10.2. The number of amides is 2. The SMILES string of the molecule is CCOc1ccc(C(=O)NC(=S)Nc2ccccc2C(=O)N2CCC(C)CC2)cc1. The van der Waals surface area contributed by atoms with E-state index in [0.717, 1.165) is 25.9 Å². The summed E-state index contributed by atoms with van der Waals surface area (Å²) in [5.74, 6) is 0.997. The Kier molecular flexibility index (Phi) is 7.41. The fraction of sp³-hybridized carbons (Fsp3) is 0.348. The van der Waals surface area contributed by atoms with E-state index in [1.54, 1.807) is 36.4 Å². The first kappa shape index (κ1) is 21.8. The topological polar surface area (TPSA) is 70.7 Å². The molecule has 0 aliphatic carbocycles. The zero-order chi connectivity index (χ0) is 21.5. The molecule has 0 spiro atoms. The largest absolute Gasteiger partial charge is 0.494 e. The number of benzene rings is 2. The van der Waals surface area contributed by atoms with Crippen molar-refractivity contribution in [1.29, 1.82) is 0 Å². The van der Waals surface area contributed by atoms with Gasteiger partial charge in [-0.05, 0) is 74.3 Å². The summed E-state index contributed by atoms with van der Waals surface area (Å²) in [4.78, 5) is 27.3. The summed E-state index contributed by atoms with van der Waals surface area (Å²) in [5, 5.41) is 5.80. The molecule has 158 valence electrons. The van der Waals surface area contributed by atoms with Crippen molar-refractivity contribution in [3.63, 3.8) is 0 Å². The molecule has 0 unspecified atom stereocenters. The van der Waals surface area contributed by atoms with Crippen LogP contribution in [0.25, 0.3) is 0 Å². The Bertz CT molecular complexity index is 906. The summed E-state index contributed by atoms with van der Waals surface area (Å²) in [6, 6.07) is 14.1. The fourth-order valence-electron chi connectivity index (χ4n) is 3.36. The zero-order valence-corrected chi connectivity index (χ0v) is 18.1. The number of anilines is 1. The maximum atomic E-state index is 13.0. The van der Waals surface area contributed by atoms with Gasteiger partial charge < -0.3 is 15.0 Å². The van der Waals surface area contributed by atoms with E-state index < -0.39 is 0 Å². The molecule has 1 aliphatic rings. The van der Waals surface area contributed by atoms with Gasteiger partial charge in [0.15, 0.2) is 5.11 Å². The van der Waals surface area contributed by atoms with E-state index in [1.807, 2.05) is 24.0 Å². The lowest BCUT2D eigenvalue weighted by Crippen LogP contribution is -2.39. The molecule has 6 nitrogen and oxygen atoms in total. The molecule has 1 saturated heterocycles. The van der Waals surface area contributed by atoms with Gasteiger partial charge in [0, 0.05) is 18.7 Å². The van der Waals surface area contributed by atoms with Gasteiger partial charge in [0.1, 0.15) is 5.75 Å². The lowest BCUT2D eigenvalue weighted by molar-refractivity contribution is 0.0698. The Morgan fingerprint density at radius 1 is 1.10 bits per heavy atom. The third-order valence-corrected chi connectivity index (χ3v) is 5.34. The molecular formula is C23H27N3O3S. The Hall–Kier alpha value is -2.93. The zero-order valence-electron chi connectivity index (χ0n) is 17.3. The number of ether oxygens (including phenoxy) is 1. The highest BCUT2D eigenvalue weighted by atomic mass is 32.1. The van der Waals surface area contributed by atoms with Crippen molar-refractivity contribution in [2.75, 3.05) is 25.0 Å². The normalized spacial score (nSPS) is 14.1. The van der Waals surface area contributed by atoms with Gasteiger partial charge in [0.25, 0.3) is 11.8 Å². The predicted octanol–water partition coefficient (Wildman–Crippen LogP) is 4.08. The molecule has 3 rings (SSSR count). The second-order valence-electron chi connectivity index (χ2n) is 7.39. The minimum atomic E-state index is -0.329. The number of piperidine rings is 1. The van der Waals surface area contributed by atoms with Gasteiger partial charge in [0.2, 0.25) is 0 Å². The van der Waals surface area contributed by atoms with Gasteiger partial charge in [-0.3, -0.25) is 14.9 Å². The predicted molar refractivity (Wildman–Crippen MR) is 122 cm³/mol. The highest BCUT2D eigenvalue weighted by Gasteiger charge is 2.23. The van der Waals surface area contributed by atoms with Crippen LogP contribution in [0, 0.1) is 5.92 Å². The van der Waals surface area contributed by atoms with Gasteiger partial charge >= 0.3 is 0 Å². The van der Waals surface area contributed by atoms with E-state index in [-0.39, 0.29) is 16.9 Å². The standard InChI is InChI=1S/C23H27N3O3S/c1-3-29-18-10-8-17(9-11-18)21(27)25-23(30)24-20-7-5-4-6-19(20)22(28)26-14-12-16(2)13-15-26/h4-11,16H,3,12-15H2,1-2H3,(H2,24,25,27,30). The summed E-state index contributed by atoms with van der Waals surface area (Å²) in [7, 11) is 0. The van der Waals surface area contributed by atoms with Crippen LogP contribution in [0.1, 0.15) is 47.4 Å². The minimum absolute atomic E-state index is 0.0226. The van der Waals surface area contributed by atoms with E-state index in [9.17, 15) is 9.59 Å². The van der Waals surface area contributed by atoms with E-state index in [2.05, 4.69) is 17.6 Å². The molecule has 1 aliphatic heterocycles. The molecule has 0 atom stereocenters. The summed E-state index contributed by atoms with van der Waals surface area (Å²) < 4.78 is 5.39. The van der Waals surface area contributed by atoms with Gasteiger partial charge in [0.05, 0.1) is 17.9 Å². The van der Waals surface area contributed by atoms with Gasteiger partial charge in [-0.25, -0.2) is 0 Å². The van der Waals surface area contributed by atoms with Crippen LogP contribution < -0.4 is 15.4 Å². The van der Waals surface area contributed by atoms with Gasteiger partial charge in [-0.1, -0.05) is 19.1 Å². The van der Waals surface area contributed by atoms with Crippen molar-refractivity contribution in [3.8, 4) is 5.75 Å². The first-order valence-corrected chi connectivity index (χ1v) is 10.6. The van der Waals surface area contributed by atoms with Crippen molar-refractivity contribution in [2.24, 2.45) is 5.92 Å². The molecule has 2 aromatic rings. The first-order chi connectivity index (χ1) is 14.5. The number of hydrogen-bond acceptors (Lipinski definition) is 4. The Morgan fingerprint density at radius 3 is 2.43 bits per heavy atom. The minimum Gasteiger partial charge on any atom is -0.494 e. The van der Waals surface area contributed by atoms with E-state index >= 15 is 0 Å². The fourth-order valence-corrected chi connectivity index (χ4v) is 3.56. The smallest absolute Gasteiger partial charge is 0.257 e. The monoisotopic (exact) mass is 425 g/mol. The third kappa shape index (κ3) is 5.57. The molecule has 2 N–H and O–H groups in total. The van der Waals surface area contributed by atoms with Crippen LogP contribution in [0.3, 0.4) is 0 Å². The summed E-state index contributed by atoms with van der Waals surface area (Å²) in [5.41, 5.74) is 1.59. The number of hydrogen-bond donors (Lipinski definition) is 2. The molecule has 7 heteroatoms. The number of carbonyl (C=O) groups excluding carboxylic acids is 2. The molecule has 0 bridgehead atoms. The number of para-hydroxylation sites is 1. The summed E-state index contributed by atoms with van der Waals surface area (Å²) in [6.07, 6.45) is 2.02. The molecule has 0 radical (unpaired) electrons. The third-order valence-electron chi connectivity index (χ3n) is 5.13. The maximum Gasteiger partial charge on any atom is 0.257 e. The lowest BCUT2D eigenvalue weighted by Gasteiger charge is -2.30. The molecule has 1 heterocycles. The molecule has 0 saturated carbocycles. The summed E-state index contributed by atoms with van der Waals surface area (Å²) >= 11 is 5.31. The van der Waals surface area contributed by atoms with E-state index in [1.165, 1.54) is 0 Å². The van der Waals surface area contributed by atoms with Crippen LogP contribution in [-0.2, 0) is 0 Å². The first-order valence-electron chi connectivity index (χ1n) is 10.2. The summed E-state index contributed by atoms with van der Waals surface area (Å²) in [6.45, 7) is 6.19. The van der Waals surface area contributed by atoms with Crippen molar-refractivity contribution in [2.45, 2.75) is 26.7 Å². The maximum absolute atomic E-state index is 13.0. The Morgan fingerprint density at radius 2 is 1.77 bits per heavy atom. The highest BCUT2D eigenvalue weighted by molar-refractivity contribution is 7.80. The van der Waals surface area contributed by atoms with Gasteiger partial charge in [-0.15, -0.1) is 0 Å². The molecule has 2 amide bonds. The molecule has 2 aromatic carbocycles. The van der Waals surface area contributed by atoms with Crippen molar-refractivity contribution in [1.82, 2.24) is 10.2 Å². The number of thiocarbonyl (C=S) groups is 1.